The zero-order chi connectivity index (χ0) is 28.8. The number of unbranched alkanes of at least 4 members (excludes halogenated alkanes) is 1. The number of aromatic nitrogens is 2. The van der Waals surface area contributed by atoms with Crippen molar-refractivity contribution < 1.29 is 14.5 Å². The van der Waals surface area contributed by atoms with Crippen molar-refractivity contribution in [2.75, 3.05) is 11.9 Å². The molecule has 10 nitrogen and oxygen atoms in total. The summed E-state index contributed by atoms with van der Waals surface area (Å²) in [5.41, 5.74) is 1.60. The fourth-order valence-electron chi connectivity index (χ4n) is 3.86. The maximum atomic E-state index is 13.3. The third-order valence-electron chi connectivity index (χ3n) is 5.88. The topological polar surface area (TPSA) is 129 Å². The van der Waals surface area contributed by atoms with Crippen LogP contribution in [-0.4, -0.2) is 33.3 Å². The van der Waals surface area contributed by atoms with Gasteiger partial charge in [-0.15, -0.1) is 0 Å². The molecule has 0 saturated carbocycles. The number of carbonyl (C=O) groups is 1. The van der Waals surface area contributed by atoms with E-state index >= 15 is 0 Å². The van der Waals surface area contributed by atoms with E-state index in [1.807, 2.05) is 32.0 Å². The number of benzene rings is 3. The summed E-state index contributed by atoms with van der Waals surface area (Å²) in [5.74, 6) is -0.284. The van der Waals surface area contributed by atoms with Crippen LogP contribution >= 0.6 is 27.5 Å². The van der Waals surface area contributed by atoms with Crippen LogP contribution in [0.4, 0.5) is 11.4 Å². The molecule has 1 N–H and O–H groups in total. The Kier molecular flexibility index (Phi) is 9.28. The van der Waals surface area contributed by atoms with Crippen molar-refractivity contribution >= 4 is 61.9 Å². The molecule has 0 unspecified atom stereocenters. The Balaban J connectivity index is 1.62. The molecule has 1 heterocycles. The molecule has 40 heavy (non-hydrogen) atoms. The molecular weight excluding hydrogens is 602 g/mol. The van der Waals surface area contributed by atoms with Gasteiger partial charge in [-0.05, 0) is 49.7 Å². The molecule has 0 atom stereocenters. The SMILES string of the molecule is CCCCc1nc2ccc(Br)cc2c(=O)n1N=Cc1cc(Cl)c(OCC(=O)Nc2ccc(C)cc2)c([N+](=O)[O-])c1. The number of fused-ring (bicyclic) bond motifs is 1. The second kappa shape index (κ2) is 12.8. The van der Waals surface area contributed by atoms with E-state index in [-0.39, 0.29) is 21.9 Å². The molecule has 0 saturated heterocycles. The highest BCUT2D eigenvalue weighted by atomic mass is 79.9. The lowest BCUT2D eigenvalue weighted by atomic mass is 10.2. The molecule has 0 fully saturated rings. The molecule has 0 aliphatic rings. The van der Waals surface area contributed by atoms with Crippen molar-refractivity contribution in [1.82, 2.24) is 9.66 Å². The number of hydrogen-bond donors (Lipinski definition) is 1. The number of rotatable bonds is 10. The van der Waals surface area contributed by atoms with E-state index in [1.165, 1.54) is 23.0 Å². The lowest BCUT2D eigenvalue weighted by molar-refractivity contribution is -0.385. The summed E-state index contributed by atoms with van der Waals surface area (Å²) >= 11 is 9.71. The number of anilines is 1. The average Bonchev–Trinajstić information content (AvgIpc) is 2.92. The van der Waals surface area contributed by atoms with Crippen molar-refractivity contribution in [3.63, 3.8) is 0 Å². The van der Waals surface area contributed by atoms with Crippen LogP contribution in [0.1, 0.15) is 36.7 Å². The van der Waals surface area contributed by atoms with Crippen molar-refractivity contribution in [2.45, 2.75) is 33.1 Å². The van der Waals surface area contributed by atoms with Crippen LogP contribution in [0.15, 0.2) is 69.0 Å². The zero-order valence-electron chi connectivity index (χ0n) is 21.7. The smallest absolute Gasteiger partial charge is 0.313 e. The monoisotopic (exact) mass is 625 g/mol. The lowest BCUT2D eigenvalue weighted by Gasteiger charge is -2.11. The van der Waals surface area contributed by atoms with Gasteiger partial charge in [0.25, 0.3) is 11.5 Å². The number of carbonyl (C=O) groups excluding carboxylic acids is 1. The Bertz CT molecular complexity index is 1670. The Labute approximate surface area is 242 Å². The molecule has 12 heteroatoms. The molecule has 4 aromatic rings. The van der Waals surface area contributed by atoms with E-state index in [9.17, 15) is 19.7 Å². The van der Waals surface area contributed by atoms with Crippen molar-refractivity contribution in [1.29, 1.82) is 0 Å². The van der Waals surface area contributed by atoms with Crippen molar-refractivity contribution in [2.24, 2.45) is 5.10 Å². The molecule has 206 valence electrons. The number of halogens is 2. The van der Waals surface area contributed by atoms with E-state index in [2.05, 4.69) is 31.3 Å². The molecule has 1 aromatic heterocycles. The summed E-state index contributed by atoms with van der Waals surface area (Å²) in [6, 6.07) is 15.0. The van der Waals surface area contributed by atoms with E-state index in [4.69, 9.17) is 16.3 Å². The van der Waals surface area contributed by atoms with Crippen molar-refractivity contribution in [3.05, 3.63) is 102 Å². The molecule has 1 amide bonds. The summed E-state index contributed by atoms with van der Waals surface area (Å²) in [6.07, 6.45) is 3.51. The highest BCUT2D eigenvalue weighted by Gasteiger charge is 2.22. The van der Waals surface area contributed by atoms with Gasteiger partial charge in [0.2, 0.25) is 5.75 Å². The Morgan fingerprint density at radius 2 is 1.98 bits per heavy atom. The van der Waals surface area contributed by atoms with Gasteiger partial charge in [0, 0.05) is 28.2 Å². The van der Waals surface area contributed by atoms with Gasteiger partial charge in [0.05, 0.1) is 27.1 Å². The maximum absolute atomic E-state index is 13.3. The zero-order valence-corrected chi connectivity index (χ0v) is 24.0. The number of nitrogens with zero attached hydrogens (tertiary/aromatic N) is 4. The number of amides is 1. The first-order valence-electron chi connectivity index (χ1n) is 12.4. The van der Waals surface area contributed by atoms with Crippen LogP contribution < -0.4 is 15.6 Å². The normalized spacial score (nSPS) is 11.2. The van der Waals surface area contributed by atoms with E-state index in [0.717, 1.165) is 22.9 Å². The number of aryl methyl sites for hydroxylation is 2. The Hall–Kier alpha value is -4.09. The number of hydrogen-bond acceptors (Lipinski definition) is 7. The minimum absolute atomic E-state index is 0.0853. The van der Waals surface area contributed by atoms with Gasteiger partial charge in [-0.3, -0.25) is 19.7 Å². The van der Waals surface area contributed by atoms with Crippen LogP contribution in [0, 0.1) is 17.0 Å². The third kappa shape index (κ3) is 6.91. The second-order valence-corrected chi connectivity index (χ2v) is 10.3. The largest absolute Gasteiger partial charge is 0.476 e. The minimum atomic E-state index is -0.662. The molecule has 4 rings (SSSR count). The highest BCUT2D eigenvalue weighted by Crippen LogP contribution is 2.36. The first kappa shape index (κ1) is 28.9. The van der Waals surface area contributed by atoms with Gasteiger partial charge in [-0.1, -0.05) is 58.6 Å². The summed E-state index contributed by atoms with van der Waals surface area (Å²) in [4.78, 5) is 41.4. The summed E-state index contributed by atoms with van der Waals surface area (Å²) in [7, 11) is 0. The summed E-state index contributed by atoms with van der Waals surface area (Å²) < 4.78 is 7.37. The van der Waals surface area contributed by atoms with Gasteiger partial charge >= 0.3 is 5.69 Å². The molecule has 3 aromatic carbocycles. The Morgan fingerprint density at radius 1 is 1.23 bits per heavy atom. The van der Waals surface area contributed by atoms with E-state index in [1.54, 1.807) is 24.3 Å². The maximum Gasteiger partial charge on any atom is 0.313 e. The van der Waals surface area contributed by atoms with Gasteiger partial charge < -0.3 is 10.1 Å². The summed E-state index contributed by atoms with van der Waals surface area (Å²) in [5, 5.41) is 19.1. The van der Waals surface area contributed by atoms with E-state index in [0.29, 0.717) is 28.8 Å². The van der Waals surface area contributed by atoms with Crippen LogP contribution in [0.5, 0.6) is 5.75 Å². The highest BCUT2D eigenvalue weighted by molar-refractivity contribution is 9.10. The predicted octanol–water partition coefficient (Wildman–Crippen LogP) is 6.27. The van der Waals surface area contributed by atoms with Crippen LogP contribution in [-0.2, 0) is 11.2 Å². The number of nitro benzene ring substituents is 1. The quantitative estimate of drug-likeness (QED) is 0.125. The van der Waals surface area contributed by atoms with Gasteiger partial charge in [-0.2, -0.15) is 9.78 Å². The van der Waals surface area contributed by atoms with E-state index < -0.39 is 23.1 Å². The third-order valence-corrected chi connectivity index (χ3v) is 6.65. The second-order valence-electron chi connectivity index (χ2n) is 8.97. The fourth-order valence-corrected chi connectivity index (χ4v) is 4.50. The number of nitro groups is 1. The molecule has 0 aliphatic heterocycles. The lowest BCUT2D eigenvalue weighted by Crippen LogP contribution is -2.22. The molecule has 0 spiro atoms. The Morgan fingerprint density at radius 3 is 2.67 bits per heavy atom. The first-order chi connectivity index (χ1) is 19.2. The summed E-state index contributed by atoms with van der Waals surface area (Å²) in [6.45, 7) is 3.46. The molecule has 0 aliphatic carbocycles. The van der Waals surface area contributed by atoms with Crippen LogP contribution in [0.3, 0.4) is 0 Å². The molecular formula is C28H25BrClN5O5. The number of ether oxygens (including phenoxy) is 1. The minimum Gasteiger partial charge on any atom is -0.476 e. The predicted molar refractivity (Wildman–Crippen MR) is 159 cm³/mol. The van der Waals surface area contributed by atoms with Crippen LogP contribution in [0.2, 0.25) is 5.02 Å². The molecule has 0 radical (unpaired) electrons. The van der Waals surface area contributed by atoms with Gasteiger partial charge in [-0.25, -0.2) is 4.98 Å². The van der Waals surface area contributed by atoms with Gasteiger partial charge in [0.1, 0.15) is 5.82 Å². The van der Waals surface area contributed by atoms with Crippen molar-refractivity contribution in [3.8, 4) is 5.75 Å². The standard InChI is InChI=1S/C28H25BrClN5O5/c1-3-4-5-25-33-23-11-8-19(29)14-21(23)28(37)34(25)31-15-18-12-22(30)27(24(13-18)35(38)39)40-16-26(36)32-20-9-6-17(2)7-10-20/h6-15H,3-5,16H2,1-2H3,(H,32,36). The fraction of sp³-hybridized carbons (Fsp3) is 0.214. The van der Waals surface area contributed by atoms with Crippen LogP contribution in [0.25, 0.3) is 10.9 Å². The molecule has 0 bridgehead atoms. The first-order valence-corrected chi connectivity index (χ1v) is 13.6. The van der Waals surface area contributed by atoms with Gasteiger partial charge in [0.15, 0.2) is 6.61 Å². The average molecular weight is 627 g/mol. The number of nitrogens with one attached hydrogen (secondary N) is 1.